The van der Waals surface area contributed by atoms with E-state index >= 15 is 0 Å². The molecule has 0 radical (unpaired) electrons. The van der Waals surface area contributed by atoms with Gasteiger partial charge in [0.1, 0.15) is 6.04 Å². The average molecular weight is 358 g/mol. The molecule has 5 nitrogen and oxygen atoms in total. The van der Waals surface area contributed by atoms with E-state index in [-0.39, 0.29) is 11.9 Å². The summed E-state index contributed by atoms with van der Waals surface area (Å²) in [5.74, 6) is -0.129. The molecule has 2 aromatic carbocycles. The van der Waals surface area contributed by atoms with Gasteiger partial charge in [-0.1, -0.05) is 41.9 Å². The summed E-state index contributed by atoms with van der Waals surface area (Å²) in [4.78, 5) is 26.6. The summed E-state index contributed by atoms with van der Waals surface area (Å²) in [7, 11) is 0. The molecule has 25 heavy (non-hydrogen) atoms. The molecule has 1 atom stereocenters. The van der Waals surface area contributed by atoms with E-state index in [4.69, 9.17) is 11.6 Å². The molecular weight excluding hydrogens is 338 g/mol. The summed E-state index contributed by atoms with van der Waals surface area (Å²) in [5.41, 5.74) is 1.69. The van der Waals surface area contributed by atoms with Gasteiger partial charge < -0.3 is 15.5 Å². The van der Waals surface area contributed by atoms with Crippen LogP contribution < -0.4 is 10.6 Å². The minimum absolute atomic E-state index is 0.129. The third-order valence-electron chi connectivity index (χ3n) is 4.22. The van der Waals surface area contributed by atoms with Crippen molar-refractivity contribution in [1.29, 1.82) is 0 Å². The zero-order valence-electron chi connectivity index (χ0n) is 13.7. The van der Waals surface area contributed by atoms with Gasteiger partial charge in [-0.05, 0) is 42.7 Å². The maximum Gasteiger partial charge on any atom is 0.322 e. The highest BCUT2D eigenvalue weighted by molar-refractivity contribution is 6.30. The summed E-state index contributed by atoms with van der Waals surface area (Å²) in [6, 6.07) is 15.9. The molecule has 1 saturated heterocycles. The molecule has 2 aromatic rings. The Morgan fingerprint density at radius 2 is 1.80 bits per heavy atom. The van der Waals surface area contributed by atoms with Gasteiger partial charge in [0.05, 0.1) is 0 Å². The third-order valence-corrected chi connectivity index (χ3v) is 4.47. The number of anilines is 1. The molecule has 130 valence electrons. The number of nitrogens with one attached hydrogen (secondary N) is 2. The lowest BCUT2D eigenvalue weighted by Gasteiger charge is -2.24. The highest BCUT2D eigenvalue weighted by Crippen LogP contribution is 2.19. The van der Waals surface area contributed by atoms with E-state index in [1.165, 1.54) is 0 Å². The first-order valence-electron chi connectivity index (χ1n) is 8.28. The van der Waals surface area contributed by atoms with Crippen LogP contribution in [-0.4, -0.2) is 29.4 Å². The van der Waals surface area contributed by atoms with Gasteiger partial charge in [-0.15, -0.1) is 0 Å². The van der Waals surface area contributed by atoms with Crippen LogP contribution in [0.15, 0.2) is 54.6 Å². The Bertz CT molecular complexity index is 734. The van der Waals surface area contributed by atoms with Gasteiger partial charge in [0, 0.05) is 23.8 Å². The highest BCUT2D eigenvalue weighted by Gasteiger charge is 2.33. The standard InChI is InChI=1S/C19H20ClN3O2/c20-15-10-8-14(9-11-15)13-21-18(24)17-7-4-12-23(17)19(25)22-16-5-2-1-3-6-16/h1-3,5-6,8-11,17H,4,7,12-13H2,(H,21,24)(H,22,25)/t17-/m0/s1. The summed E-state index contributed by atoms with van der Waals surface area (Å²) >= 11 is 5.86. The Labute approximate surface area is 152 Å². The number of carbonyl (C=O) groups excluding carboxylic acids is 2. The largest absolute Gasteiger partial charge is 0.350 e. The number of para-hydroxylation sites is 1. The molecule has 2 N–H and O–H groups in total. The Morgan fingerprint density at radius 3 is 2.52 bits per heavy atom. The van der Waals surface area contributed by atoms with Gasteiger partial charge in [-0.3, -0.25) is 4.79 Å². The second kappa shape index (κ2) is 8.03. The molecule has 1 aliphatic heterocycles. The van der Waals surface area contributed by atoms with Crippen molar-refractivity contribution < 1.29 is 9.59 Å². The Morgan fingerprint density at radius 1 is 1.08 bits per heavy atom. The van der Waals surface area contributed by atoms with Crippen LogP contribution in [0.25, 0.3) is 0 Å². The van der Waals surface area contributed by atoms with Crippen molar-refractivity contribution in [1.82, 2.24) is 10.2 Å². The fourth-order valence-electron chi connectivity index (χ4n) is 2.91. The van der Waals surface area contributed by atoms with Crippen molar-refractivity contribution in [2.45, 2.75) is 25.4 Å². The number of urea groups is 1. The number of hydrogen-bond donors (Lipinski definition) is 2. The molecule has 3 rings (SSSR count). The highest BCUT2D eigenvalue weighted by atomic mass is 35.5. The van der Waals surface area contributed by atoms with Crippen LogP contribution in [0.3, 0.4) is 0 Å². The van der Waals surface area contributed by atoms with E-state index in [0.717, 1.165) is 17.7 Å². The molecule has 1 heterocycles. The van der Waals surface area contributed by atoms with E-state index in [2.05, 4.69) is 10.6 Å². The maximum atomic E-state index is 12.5. The SMILES string of the molecule is O=C(NCc1ccc(Cl)cc1)[C@@H]1CCCN1C(=O)Nc1ccccc1. The van der Waals surface area contributed by atoms with E-state index in [0.29, 0.717) is 24.5 Å². The Kier molecular flexibility index (Phi) is 5.56. The van der Waals surface area contributed by atoms with Crippen LogP contribution >= 0.6 is 11.6 Å². The summed E-state index contributed by atoms with van der Waals surface area (Å²) < 4.78 is 0. The van der Waals surface area contributed by atoms with Crippen molar-refractivity contribution >= 4 is 29.2 Å². The average Bonchev–Trinajstić information content (AvgIpc) is 3.12. The second-order valence-electron chi connectivity index (χ2n) is 5.99. The molecule has 0 aliphatic carbocycles. The van der Waals surface area contributed by atoms with Crippen molar-refractivity contribution in [3.63, 3.8) is 0 Å². The monoisotopic (exact) mass is 357 g/mol. The molecule has 1 aliphatic rings. The van der Waals surface area contributed by atoms with Gasteiger partial charge >= 0.3 is 6.03 Å². The van der Waals surface area contributed by atoms with Gasteiger partial charge in [0.15, 0.2) is 0 Å². The van der Waals surface area contributed by atoms with Gasteiger partial charge in [-0.25, -0.2) is 4.79 Å². The lowest BCUT2D eigenvalue weighted by Crippen LogP contribution is -2.47. The summed E-state index contributed by atoms with van der Waals surface area (Å²) in [5, 5.41) is 6.41. The van der Waals surface area contributed by atoms with Gasteiger partial charge in [0.2, 0.25) is 5.91 Å². The quantitative estimate of drug-likeness (QED) is 0.877. The maximum absolute atomic E-state index is 12.5. The van der Waals surface area contributed by atoms with E-state index < -0.39 is 6.04 Å². The van der Waals surface area contributed by atoms with Crippen molar-refractivity contribution in [2.24, 2.45) is 0 Å². The normalized spacial score (nSPS) is 16.5. The van der Waals surface area contributed by atoms with Crippen molar-refractivity contribution in [3.05, 3.63) is 65.2 Å². The van der Waals surface area contributed by atoms with Crippen LogP contribution in [0, 0.1) is 0 Å². The molecule has 6 heteroatoms. The number of nitrogens with zero attached hydrogens (tertiary/aromatic N) is 1. The molecule has 1 fully saturated rings. The first-order chi connectivity index (χ1) is 12.1. The molecule has 0 bridgehead atoms. The molecule has 0 spiro atoms. The topological polar surface area (TPSA) is 61.4 Å². The van der Waals surface area contributed by atoms with Crippen LogP contribution in [0.4, 0.5) is 10.5 Å². The number of carbonyl (C=O) groups is 2. The number of rotatable bonds is 4. The predicted molar refractivity (Wildman–Crippen MR) is 98.5 cm³/mol. The number of likely N-dealkylation sites (tertiary alicyclic amines) is 1. The molecule has 0 aromatic heterocycles. The van der Waals surface area contributed by atoms with Crippen LogP contribution in [0.1, 0.15) is 18.4 Å². The van der Waals surface area contributed by atoms with Crippen molar-refractivity contribution in [2.75, 3.05) is 11.9 Å². The van der Waals surface area contributed by atoms with Crippen molar-refractivity contribution in [3.8, 4) is 0 Å². The summed E-state index contributed by atoms with van der Waals surface area (Å²) in [6.45, 7) is 0.998. The molecular formula is C19H20ClN3O2. The number of halogens is 1. The zero-order chi connectivity index (χ0) is 17.6. The number of amides is 3. The van der Waals surface area contributed by atoms with E-state index in [9.17, 15) is 9.59 Å². The van der Waals surface area contributed by atoms with Crippen LogP contribution in [0.5, 0.6) is 0 Å². The minimum Gasteiger partial charge on any atom is -0.350 e. The Hall–Kier alpha value is -2.53. The molecule has 3 amide bonds. The molecule has 0 saturated carbocycles. The second-order valence-corrected chi connectivity index (χ2v) is 6.43. The van der Waals surface area contributed by atoms with Crippen LogP contribution in [-0.2, 0) is 11.3 Å². The fraction of sp³-hybridized carbons (Fsp3) is 0.263. The molecule has 0 unspecified atom stereocenters. The smallest absolute Gasteiger partial charge is 0.322 e. The Balaban J connectivity index is 1.57. The van der Waals surface area contributed by atoms with Crippen LogP contribution in [0.2, 0.25) is 5.02 Å². The first kappa shape index (κ1) is 17.3. The van der Waals surface area contributed by atoms with E-state index in [1.807, 2.05) is 42.5 Å². The lowest BCUT2D eigenvalue weighted by molar-refractivity contribution is -0.124. The minimum atomic E-state index is -0.434. The first-order valence-corrected chi connectivity index (χ1v) is 8.66. The number of hydrogen-bond acceptors (Lipinski definition) is 2. The predicted octanol–water partition coefficient (Wildman–Crippen LogP) is 3.65. The third kappa shape index (κ3) is 4.51. The van der Waals surface area contributed by atoms with Gasteiger partial charge in [0.25, 0.3) is 0 Å². The fourth-order valence-corrected chi connectivity index (χ4v) is 3.03. The van der Waals surface area contributed by atoms with E-state index in [1.54, 1.807) is 17.0 Å². The summed E-state index contributed by atoms with van der Waals surface area (Å²) in [6.07, 6.45) is 1.50. The zero-order valence-corrected chi connectivity index (χ0v) is 14.5. The number of benzene rings is 2. The lowest BCUT2D eigenvalue weighted by atomic mass is 10.2. The van der Waals surface area contributed by atoms with Gasteiger partial charge in [-0.2, -0.15) is 0 Å².